The molecule has 2 amide bonds. The van der Waals surface area contributed by atoms with E-state index in [1.165, 1.54) is 0 Å². The van der Waals surface area contributed by atoms with Crippen LogP contribution in [-0.2, 0) is 4.74 Å². The van der Waals surface area contributed by atoms with Crippen LogP contribution in [0.4, 0.5) is 10.7 Å². The highest BCUT2D eigenvalue weighted by Crippen LogP contribution is 2.15. The zero-order chi connectivity index (χ0) is 15.9. The van der Waals surface area contributed by atoms with Crippen molar-refractivity contribution in [3.05, 3.63) is 18.5 Å². The largest absolute Gasteiger partial charge is 0.383 e. The van der Waals surface area contributed by atoms with Crippen LogP contribution in [0, 0.1) is 0 Å². The minimum absolute atomic E-state index is 0.0426. The SMILES string of the molecule is COC[C@H](C)N(C)C(=O)NC1CCN(c2ncccn2)CC1. The summed E-state index contributed by atoms with van der Waals surface area (Å²) in [6, 6.07) is 2.03. The second kappa shape index (κ2) is 7.93. The highest BCUT2D eigenvalue weighted by molar-refractivity contribution is 5.74. The molecule has 1 fully saturated rings. The van der Waals surface area contributed by atoms with Gasteiger partial charge in [0.25, 0.3) is 0 Å². The summed E-state index contributed by atoms with van der Waals surface area (Å²) in [5, 5.41) is 3.09. The number of aromatic nitrogens is 2. The molecule has 0 aliphatic carbocycles. The number of likely N-dealkylation sites (N-methyl/N-ethyl adjacent to an activating group) is 1. The topological polar surface area (TPSA) is 70.6 Å². The molecule has 1 aliphatic heterocycles. The lowest BCUT2D eigenvalue weighted by atomic mass is 10.1. The molecule has 0 unspecified atom stereocenters. The number of carbonyl (C=O) groups excluding carboxylic acids is 1. The predicted molar refractivity (Wildman–Crippen MR) is 84.9 cm³/mol. The third kappa shape index (κ3) is 4.30. The summed E-state index contributed by atoms with van der Waals surface area (Å²) in [7, 11) is 3.44. The number of urea groups is 1. The third-order valence-electron chi connectivity index (χ3n) is 4.05. The van der Waals surface area contributed by atoms with Crippen molar-refractivity contribution in [2.24, 2.45) is 0 Å². The van der Waals surface area contributed by atoms with Crippen LogP contribution in [0.3, 0.4) is 0 Å². The van der Waals surface area contributed by atoms with Gasteiger partial charge in [0.1, 0.15) is 0 Å². The molecule has 0 saturated carbocycles. The van der Waals surface area contributed by atoms with Crippen molar-refractivity contribution >= 4 is 12.0 Å². The van der Waals surface area contributed by atoms with Crippen LogP contribution in [0.15, 0.2) is 18.5 Å². The number of nitrogens with one attached hydrogen (secondary N) is 1. The average Bonchev–Trinajstić information content (AvgIpc) is 2.56. The smallest absolute Gasteiger partial charge is 0.317 e. The second-order valence-corrected chi connectivity index (χ2v) is 5.67. The quantitative estimate of drug-likeness (QED) is 0.883. The van der Waals surface area contributed by atoms with E-state index in [-0.39, 0.29) is 18.1 Å². The van der Waals surface area contributed by atoms with Gasteiger partial charge in [-0.2, -0.15) is 0 Å². The Morgan fingerprint density at radius 3 is 2.68 bits per heavy atom. The Morgan fingerprint density at radius 1 is 1.45 bits per heavy atom. The molecule has 0 aromatic carbocycles. The number of anilines is 1. The zero-order valence-electron chi connectivity index (χ0n) is 13.5. The Kier molecular flexibility index (Phi) is 5.94. The first kappa shape index (κ1) is 16.5. The maximum Gasteiger partial charge on any atom is 0.317 e. The van der Waals surface area contributed by atoms with Crippen molar-refractivity contribution in [3.8, 4) is 0 Å². The van der Waals surface area contributed by atoms with E-state index < -0.39 is 0 Å². The van der Waals surface area contributed by atoms with E-state index >= 15 is 0 Å². The molecule has 0 bridgehead atoms. The monoisotopic (exact) mass is 307 g/mol. The van der Waals surface area contributed by atoms with Gasteiger partial charge in [-0.15, -0.1) is 0 Å². The van der Waals surface area contributed by atoms with Crippen molar-refractivity contribution in [3.63, 3.8) is 0 Å². The number of hydrogen-bond acceptors (Lipinski definition) is 5. The van der Waals surface area contributed by atoms with Gasteiger partial charge in [-0.1, -0.05) is 0 Å². The van der Waals surface area contributed by atoms with E-state index in [9.17, 15) is 4.79 Å². The molecule has 1 N–H and O–H groups in total. The molecule has 7 nitrogen and oxygen atoms in total. The van der Waals surface area contributed by atoms with Gasteiger partial charge in [-0.05, 0) is 25.8 Å². The standard InChI is InChI=1S/C15H25N5O2/c1-12(11-22-3)19(2)15(21)18-13-5-9-20(10-6-13)14-16-7-4-8-17-14/h4,7-8,12-13H,5-6,9-11H2,1-3H3,(H,18,21)/t12-/m0/s1. The molecule has 2 rings (SSSR count). The zero-order valence-corrected chi connectivity index (χ0v) is 13.5. The molecule has 0 spiro atoms. The Morgan fingerprint density at radius 2 is 2.09 bits per heavy atom. The van der Waals surface area contributed by atoms with Crippen molar-refractivity contribution in [2.45, 2.75) is 31.8 Å². The Bertz CT molecular complexity index is 462. The summed E-state index contributed by atoms with van der Waals surface area (Å²) < 4.78 is 5.09. The summed E-state index contributed by atoms with van der Waals surface area (Å²) in [5.41, 5.74) is 0. The normalized spacial score (nSPS) is 17.1. The first-order valence-electron chi connectivity index (χ1n) is 7.66. The van der Waals surface area contributed by atoms with Crippen LogP contribution < -0.4 is 10.2 Å². The van der Waals surface area contributed by atoms with Gasteiger partial charge in [-0.3, -0.25) is 0 Å². The van der Waals surface area contributed by atoms with Crippen LogP contribution in [0.2, 0.25) is 0 Å². The molecule has 1 atom stereocenters. The van der Waals surface area contributed by atoms with Crippen molar-refractivity contribution in [1.29, 1.82) is 0 Å². The Balaban J connectivity index is 1.78. The van der Waals surface area contributed by atoms with Crippen molar-refractivity contribution in [2.75, 3.05) is 38.8 Å². The minimum atomic E-state index is -0.0426. The fourth-order valence-electron chi connectivity index (χ4n) is 2.51. The van der Waals surface area contributed by atoms with Gasteiger partial charge >= 0.3 is 6.03 Å². The van der Waals surface area contributed by atoms with E-state index in [2.05, 4.69) is 20.2 Å². The second-order valence-electron chi connectivity index (χ2n) is 5.67. The van der Waals surface area contributed by atoms with E-state index in [1.54, 1.807) is 31.5 Å². The number of rotatable bonds is 5. The molecule has 122 valence electrons. The van der Waals surface area contributed by atoms with Crippen LogP contribution in [-0.4, -0.2) is 66.8 Å². The molecule has 1 saturated heterocycles. The fraction of sp³-hybridized carbons (Fsp3) is 0.667. The lowest BCUT2D eigenvalue weighted by molar-refractivity contribution is 0.121. The van der Waals surface area contributed by atoms with Crippen LogP contribution >= 0.6 is 0 Å². The Hall–Kier alpha value is -1.89. The molecule has 1 aromatic heterocycles. The van der Waals surface area contributed by atoms with Crippen molar-refractivity contribution in [1.82, 2.24) is 20.2 Å². The summed E-state index contributed by atoms with van der Waals surface area (Å²) in [5.74, 6) is 0.762. The minimum Gasteiger partial charge on any atom is -0.383 e. The summed E-state index contributed by atoms with van der Waals surface area (Å²) in [6.45, 7) is 4.21. The van der Waals surface area contributed by atoms with Crippen molar-refractivity contribution < 1.29 is 9.53 Å². The maximum atomic E-state index is 12.2. The van der Waals surface area contributed by atoms with E-state index in [0.29, 0.717) is 6.61 Å². The van der Waals surface area contributed by atoms with Gasteiger partial charge in [0, 0.05) is 45.7 Å². The molecular formula is C15H25N5O2. The predicted octanol–water partition coefficient (Wildman–Crippen LogP) is 1.12. The molecule has 1 aromatic rings. The lowest BCUT2D eigenvalue weighted by Crippen LogP contribution is -2.51. The molecular weight excluding hydrogens is 282 g/mol. The first-order chi connectivity index (χ1) is 10.6. The summed E-state index contributed by atoms with van der Waals surface area (Å²) in [4.78, 5) is 24.6. The van der Waals surface area contributed by atoms with Gasteiger partial charge in [0.15, 0.2) is 0 Å². The van der Waals surface area contributed by atoms with Gasteiger partial charge < -0.3 is 19.9 Å². The number of carbonyl (C=O) groups is 1. The number of amides is 2. The number of hydrogen-bond donors (Lipinski definition) is 1. The lowest BCUT2D eigenvalue weighted by Gasteiger charge is -2.34. The average molecular weight is 307 g/mol. The third-order valence-corrected chi connectivity index (χ3v) is 4.05. The highest BCUT2D eigenvalue weighted by Gasteiger charge is 2.24. The van der Waals surface area contributed by atoms with Crippen LogP contribution in [0.5, 0.6) is 0 Å². The van der Waals surface area contributed by atoms with Gasteiger partial charge in [0.05, 0.1) is 12.6 Å². The number of ether oxygens (including phenoxy) is 1. The Labute approximate surface area is 131 Å². The van der Waals surface area contributed by atoms with Crippen LogP contribution in [0.25, 0.3) is 0 Å². The molecule has 0 radical (unpaired) electrons. The van der Waals surface area contributed by atoms with E-state index in [4.69, 9.17) is 4.74 Å². The first-order valence-corrected chi connectivity index (χ1v) is 7.66. The van der Waals surface area contributed by atoms with E-state index in [1.807, 2.05) is 13.0 Å². The molecule has 2 heterocycles. The molecule has 1 aliphatic rings. The number of piperidine rings is 1. The maximum absolute atomic E-state index is 12.2. The highest BCUT2D eigenvalue weighted by atomic mass is 16.5. The van der Waals surface area contributed by atoms with Gasteiger partial charge in [0.2, 0.25) is 5.95 Å². The number of nitrogens with zero attached hydrogens (tertiary/aromatic N) is 4. The number of methoxy groups -OCH3 is 1. The summed E-state index contributed by atoms with van der Waals surface area (Å²) >= 11 is 0. The fourth-order valence-corrected chi connectivity index (χ4v) is 2.51. The van der Waals surface area contributed by atoms with Crippen LogP contribution in [0.1, 0.15) is 19.8 Å². The van der Waals surface area contributed by atoms with E-state index in [0.717, 1.165) is 31.9 Å². The molecule has 22 heavy (non-hydrogen) atoms. The molecule has 7 heteroatoms. The van der Waals surface area contributed by atoms with Gasteiger partial charge in [-0.25, -0.2) is 14.8 Å². The summed E-state index contributed by atoms with van der Waals surface area (Å²) in [6.07, 6.45) is 5.30.